The van der Waals surface area contributed by atoms with Crippen molar-refractivity contribution in [2.24, 2.45) is 0 Å². The highest BCUT2D eigenvalue weighted by Gasteiger charge is 2.41. The first-order chi connectivity index (χ1) is 13.7. The molecule has 1 heterocycles. The van der Waals surface area contributed by atoms with Crippen molar-refractivity contribution in [1.29, 1.82) is 0 Å². The lowest BCUT2D eigenvalue weighted by molar-refractivity contribution is 0.0915. The van der Waals surface area contributed by atoms with Gasteiger partial charge in [-0.05, 0) is 44.5 Å². The maximum absolute atomic E-state index is 14.9. The number of anilines is 1. The number of benzene rings is 1. The Kier molecular flexibility index (Phi) is 6.80. The average Bonchev–Trinajstić information content (AvgIpc) is 2.97. The molecule has 1 aromatic rings. The number of ether oxygens (including phenoxy) is 1. The van der Waals surface area contributed by atoms with E-state index < -0.39 is 11.4 Å². The van der Waals surface area contributed by atoms with E-state index in [1.54, 1.807) is 32.9 Å². The molecule has 148 valence electrons. The molecule has 1 aliphatic rings. The molecule has 0 amide bonds. The Bertz CT molecular complexity index is 1010. The molecule has 0 spiro atoms. The Hall–Kier alpha value is -3.57. The van der Waals surface area contributed by atoms with Crippen molar-refractivity contribution >= 4 is 11.8 Å². The third-order valence-corrected chi connectivity index (χ3v) is 4.42. The highest BCUT2D eigenvalue weighted by atomic mass is 19.1. The minimum absolute atomic E-state index is 0.0576. The summed E-state index contributed by atoms with van der Waals surface area (Å²) in [7, 11) is 3.98. The Morgan fingerprint density at radius 2 is 1.76 bits per heavy atom. The van der Waals surface area contributed by atoms with E-state index in [1.165, 1.54) is 6.08 Å². The largest absolute Gasteiger partial charge is 0.507 e. The number of rotatable bonds is 5. The van der Waals surface area contributed by atoms with Crippen molar-refractivity contribution < 1.29 is 9.13 Å². The fourth-order valence-corrected chi connectivity index (χ4v) is 2.89. The molecule has 0 unspecified atom stereocenters. The van der Waals surface area contributed by atoms with E-state index in [0.29, 0.717) is 0 Å². The lowest BCUT2D eigenvalue weighted by atomic mass is 9.96. The second-order valence-corrected chi connectivity index (χ2v) is 7.22. The van der Waals surface area contributed by atoms with Crippen LogP contribution in [0, 0.1) is 13.1 Å². The van der Waals surface area contributed by atoms with Gasteiger partial charge in [-0.15, -0.1) is 0 Å². The number of allylic oxidation sites excluding steroid dienone is 5. The first-order valence-corrected chi connectivity index (χ1v) is 9.09. The fraction of sp³-hybridized carbons (Fsp3) is 0.250. The van der Waals surface area contributed by atoms with Crippen LogP contribution in [0.4, 0.5) is 10.1 Å². The van der Waals surface area contributed by atoms with Crippen LogP contribution in [0.5, 0.6) is 0 Å². The minimum atomic E-state index is -1.01. The van der Waals surface area contributed by atoms with Crippen LogP contribution in [0.15, 0.2) is 77.1 Å². The zero-order valence-electron chi connectivity index (χ0n) is 17.3. The number of hydrogen-bond donors (Lipinski definition) is 0. The third kappa shape index (κ3) is 5.03. The average molecular weight is 389 g/mol. The summed E-state index contributed by atoms with van der Waals surface area (Å²) < 4.78 is 20.6. The zero-order chi connectivity index (χ0) is 21.6. The molecular weight excluding hydrogens is 365 g/mol. The second-order valence-electron chi connectivity index (χ2n) is 7.22. The lowest BCUT2D eigenvalue weighted by Gasteiger charge is -2.22. The van der Waals surface area contributed by atoms with Gasteiger partial charge < -0.3 is 9.64 Å². The van der Waals surface area contributed by atoms with Crippen molar-refractivity contribution in [1.82, 2.24) is 0 Å². The fourth-order valence-electron chi connectivity index (χ4n) is 2.89. The van der Waals surface area contributed by atoms with E-state index in [2.05, 4.69) is 9.69 Å². The number of hydrogen-bond acceptors (Lipinski definition) is 2. The highest BCUT2D eigenvalue weighted by Crippen LogP contribution is 2.44. The Morgan fingerprint density at radius 1 is 1.10 bits per heavy atom. The standard InChI is InChI=1S/C24H24FN3O/c1-17(26-4)23-22(27-5)21(24(2,3)29-23)20(25)12-10-8-9-11-18-13-15-19(16-14-18)28(6)7/h8-16H,1-3,6-7H3. The first-order valence-electron chi connectivity index (χ1n) is 9.09. The Labute approximate surface area is 172 Å². The molecule has 0 fully saturated rings. The molecular formula is C24H24FN3O. The smallest absolute Gasteiger partial charge is 0.227 e. The van der Waals surface area contributed by atoms with Crippen molar-refractivity contribution in [3.63, 3.8) is 0 Å². The summed E-state index contributed by atoms with van der Waals surface area (Å²) >= 11 is 0. The van der Waals surface area contributed by atoms with Gasteiger partial charge in [0.05, 0.1) is 13.1 Å². The van der Waals surface area contributed by atoms with Crippen LogP contribution in [-0.4, -0.2) is 19.7 Å². The molecule has 1 aromatic carbocycles. The number of halogens is 1. The van der Waals surface area contributed by atoms with E-state index in [4.69, 9.17) is 17.9 Å². The second kappa shape index (κ2) is 9.08. The van der Waals surface area contributed by atoms with E-state index >= 15 is 0 Å². The molecule has 0 N–H and O–H groups in total. The van der Waals surface area contributed by atoms with Gasteiger partial charge in [-0.3, -0.25) is 0 Å². The normalized spacial score (nSPS) is 18.0. The maximum atomic E-state index is 14.9. The van der Waals surface area contributed by atoms with Gasteiger partial charge in [0.25, 0.3) is 0 Å². The molecule has 0 saturated carbocycles. The first kappa shape index (κ1) is 21.7. The summed E-state index contributed by atoms with van der Waals surface area (Å²) in [4.78, 5) is 8.77. The summed E-state index contributed by atoms with van der Waals surface area (Å²) in [5.41, 5.74) is 1.61. The Morgan fingerprint density at radius 3 is 2.31 bits per heavy atom. The van der Waals surface area contributed by atoms with Gasteiger partial charge in [0.2, 0.25) is 5.70 Å². The maximum Gasteiger partial charge on any atom is 0.227 e. The van der Waals surface area contributed by atoms with Gasteiger partial charge in [-0.1, -0.05) is 36.4 Å². The molecule has 4 nitrogen and oxygen atoms in total. The Balaban J connectivity index is 2.21. The van der Waals surface area contributed by atoms with Gasteiger partial charge in [0.15, 0.2) is 5.70 Å². The van der Waals surface area contributed by atoms with Crippen LogP contribution in [0.3, 0.4) is 0 Å². The van der Waals surface area contributed by atoms with Crippen LogP contribution in [0.25, 0.3) is 15.8 Å². The van der Waals surface area contributed by atoms with Gasteiger partial charge in [-0.25, -0.2) is 14.1 Å². The molecule has 1 aliphatic heterocycles. The minimum Gasteiger partial charge on any atom is -0.507 e. The van der Waals surface area contributed by atoms with Gasteiger partial charge >= 0.3 is 0 Å². The van der Waals surface area contributed by atoms with Crippen molar-refractivity contribution in [3.05, 3.63) is 106 Å². The topological polar surface area (TPSA) is 21.2 Å². The van der Waals surface area contributed by atoms with Crippen molar-refractivity contribution in [2.75, 3.05) is 19.0 Å². The van der Waals surface area contributed by atoms with Gasteiger partial charge in [-0.2, -0.15) is 0 Å². The molecule has 29 heavy (non-hydrogen) atoms. The molecule has 0 radical (unpaired) electrons. The van der Waals surface area contributed by atoms with Crippen LogP contribution in [0.1, 0.15) is 26.3 Å². The van der Waals surface area contributed by atoms with E-state index in [1.807, 2.05) is 55.4 Å². The van der Waals surface area contributed by atoms with Crippen molar-refractivity contribution in [2.45, 2.75) is 26.4 Å². The number of nitrogens with zero attached hydrogens (tertiary/aromatic N) is 3. The van der Waals surface area contributed by atoms with E-state index in [0.717, 1.165) is 11.3 Å². The zero-order valence-corrected chi connectivity index (χ0v) is 17.3. The SMILES string of the molecule is [C-]#[N+]C(C)=C1OC(C)(C)C(C(F)=CC=CC=Cc2ccc(N(C)C)cc2)=C1[N+]#[C-]. The third-order valence-electron chi connectivity index (χ3n) is 4.42. The van der Waals surface area contributed by atoms with Crippen LogP contribution < -0.4 is 4.90 Å². The molecule has 5 heteroatoms. The van der Waals surface area contributed by atoms with Gasteiger partial charge in [0.1, 0.15) is 17.2 Å². The summed E-state index contributed by atoms with van der Waals surface area (Å²) in [6.45, 7) is 19.5. The lowest BCUT2D eigenvalue weighted by Crippen LogP contribution is -2.22. The van der Waals surface area contributed by atoms with Gasteiger partial charge in [0, 0.05) is 25.4 Å². The molecule has 0 saturated heterocycles. The van der Waals surface area contributed by atoms with Crippen LogP contribution in [0.2, 0.25) is 0 Å². The molecule has 0 atom stereocenters. The predicted molar refractivity (Wildman–Crippen MR) is 116 cm³/mol. The summed E-state index contributed by atoms with van der Waals surface area (Å²) in [6.07, 6.45) is 8.36. The summed E-state index contributed by atoms with van der Waals surface area (Å²) in [5.74, 6) is -0.391. The summed E-state index contributed by atoms with van der Waals surface area (Å²) in [5, 5.41) is 0. The monoisotopic (exact) mass is 389 g/mol. The van der Waals surface area contributed by atoms with Crippen LogP contribution >= 0.6 is 0 Å². The van der Waals surface area contributed by atoms with E-state index in [9.17, 15) is 4.39 Å². The molecule has 0 aliphatic carbocycles. The van der Waals surface area contributed by atoms with Crippen LogP contribution in [-0.2, 0) is 4.74 Å². The quantitative estimate of drug-likeness (QED) is 0.435. The predicted octanol–water partition coefficient (Wildman–Crippen LogP) is 6.31. The molecule has 0 aromatic heterocycles. The van der Waals surface area contributed by atoms with E-state index in [-0.39, 0.29) is 22.7 Å². The molecule has 2 rings (SSSR count). The summed E-state index contributed by atoms with van der Waals surface area (Å²) in [6, 6.07) is 8.07. The highest BCUT2D eigenvalue weighted by molar-refractivity contribution is 5.57. The molecule has 0 bridgehead atoms. The van der Waals surface area contributed by atoms with Crippen molar-refractivity contribution in [3.8, 4) is 0 Å².